The molecule has 1 aliphatic rings. The molecule has 0 bridgehead atoms. The van der Waals surface area contributed by atoms with Crippen molar-refractivity contribution in [3.63, 3.8) is 0 Å². The van der Waals surface area contributed by atoms with Gasteiger partial charge in [-0.15, -0.1) is 0 Å². The van der Waals surface area contributed by atoms with Crippen LogP contribution in [0.3, 0.4) is 0 Å². The second-order valence-electron chi connectivity index (χ2n) is 10.1. The number of benzene rings is 1. The van der Waals surface area contributed by atoms with Crippen LogP contribution in [0.4, 0.5) is 10.3 Å². The lowest BCUT2D eigenvalue weighted by atomic mass is 9.97. The van der Waals surface area contributed by atoms with E-state index in [0.29, 0.717) is 4.31 Å². The molecule has 1 aromatic carbocycles. The number of carbonyl (C=O) groups excluding carboxylic acids is 1. The van der Waals surface area contributed by atoms with E-state index < -0.39 is 115 Å². The van der Waals surface area contributed by atoms with Crippen LogP contribution < -0.4 is 4.31 Å². The number of carboxylic acid groups (broad SMARTS) is 1. The van der Waals surface area contributed by atoms with Crippen LogP contribution in [0, 0.1) is 5.82 Å². The molecule has 0 unspecified atom stereocenters. The first-order chi connectivity index (χ1) is 23.3. The minimum absolute atomic E-state index is 0.0600. The van der Waals surface area contributed by atoms with Crippen LogP contribution in [0.25, 0.3) is 17.3 Å². The minimum atomic E-state index is -4.09. The molecule has 45 heavy (non-hydrogen) atoms. The van der Waals surface area contributed by atoms with E-state index in [4.69, 9.17) is 22.8 Å². The summed E-state index contributed by atoms with van der Waals surface area (Å²) in [4.78, 5) is 31.9. The summed E-state index contributed by atoms with van der Waals surface area (Å²) in [6.45, 7) is -6.51. The lowest BCUT2D eigenvalue weighted by Gasteiger charge is -2.38. The number of sulfonamides is 1. The molecule has 17 heteroatoms. The van der Waals surface area contributed by atoms with Gasteiger partial charge in [0.2, 0.25) is 22.3 Å². The molecule has 1 saturated heterocycles. The highest BCUT2D eigenvalue weighted by atomic mass is 32.2. The Hall–Kier alpha value is -3.58. The number of aliphatic carboxylic acids is 1. The maximum atomic E-state index is 13.8. The number of rotatable bonds is 12. The molecule has 2 heterocycles. The summed E-state index contributed by atoms with van der Waals surface area (Å²) in [6, 6.07) is 4.39. The zero-order valence-corrected chi connectivity index (χ0v) is 24.6. The standard InChI is InChI=1S/C28H36FN3O12S/c1-13(2)20-18(21(14-5-7-15(29)8-6-14)31-28(30-20)32(3)45(4,41)42)10-9-16(33)11-17(34)12-19(35)43-27-24(38)22(36)23(37)25(44-27)26(39)40/h5-10,13,16-17,22-25,27,33-34,36-38H,11-12H2,1-4H3,(H,39,40)/b10-9+/t16-,17-,22+,23+,24-,25+,27-/m1/s1/i1D3,2D3. The molecule has 0 saturated carbocycles. The van der Waals surface area contributed by atoms with Gasteiger partial charge in [0.15, 0.2) is 6.10 Å². The zero-order valence-electron chi connectivity index (χ0n) is 29.8. The number of aliphatic hydroxyl groups excluding tert-OH is 5. The third-order valence-electron chi connectivity index (χ3n) is 6.60. The van der Waals surface area contributed by atoms with Crippen LogP contribution >= 0.6 is 0 Å². The third kappa shape index (κ3) is 9.00. The Bertz CT molecular complexity index is 1700. The Morgan fingerprint density at radius 1 is 1.13 bits per heavy atom. The average Bonchev–Trinajstić information content (AvgIpc) is 2.98. The largest absolute Gasteiger partial charge is 0.479 e. The van der Waals surface area contributed by atoms with Crippen molar-refractivity contribution >= 4 is 34.0 Å². The number of carbonyl (C=O) groups is 2. The van der Waals surface area contributed by atoms with Gasteiger partial charge in [-0.2, -0.15) is 0 Å². The van der Waals surface area contributed by atoms with Crippen molar-refractivity contribution in [3.05, 3.63) is 47.4 Å². The summed E-state index contributed by atoms with van der Waals surface area (Å²) in [7, 11) is -3.06. The Balaban J connectivity index is 1.99. The summed E-state index contributed by atoms with van der Waals surface area (Å²) in [5, 5.41) is 60.0. The molecule has 1 aromatic heterocycles. The summed E-state index contributed by atoms with van der Waals surface area (Å²) >= 11 is 0. The van der Waals surface area contributed by atoms with E-state index in [9.17, 15) is 47.9 Å². The van der Waals surface area contributed by atoms with Crippen LogP contribution in [0.15, 0.2) is 30.3 Å². The minimum Gasteiger partial charge on any atom is -0.479 e. The highest BCUT2D eigenvalue weighted by molar-refractivity contribution is 7.92. The molecule has 0 aliphatic carbocycles. The van der Waals surface area contributed by atoms with Gasteiger partial charge < -0.3 is 40.1 Å². The van der Waals surface area contributed by atoms with E-state index in [2.05, 4.69) is 9.97 Å². The third-order valence-corrected chi connectivity index (χ3v) is 7.75. The number of ether oxygens (including phenoxy) is 2. The quantitative estimate of drug-likeness (QED) is 0.161. The number of aliphatic hydroxyl groups is 5. The van der Waals surface area contributed by atoms with Gasteiger partial charge in [-0.1, -0.05) is 25.9 Å². The number of nitrogens with zero attached hydrogens (tertiary/aromatic N) is 3. The Morgan fingerprint density at radius 2 is 1.78 bits per heavy atom. The Kier molecular flexibility index (Phi) is 9.04. The smallest absolute Gasteiger partial charge is 0.335 e. The molecule has 1 fully saturated rings. The predicted molar refractivity (Wildman–Crippen MR) is 155 cm³/mol. The summed E-state index contributed by atoms with van der Waals surface area (Å²) in [5.41, 5.74) is -1.20. The van der Waals surface area contributed by atoms with Crippen LogP contribution in [-0.2, 0) is 29.1 Å². The number of hydrogen-bond donors (Lipinski definition) is 6. The van der Waals surface area contributed by atoms with Crippen molar-refractivity contribution in [2.24, 2.45) is 0 Å². The van der Waals surface area contributed by atoms with Crippen molar-refractivity contribution in [1.29, 1.82) is 0 Å². The molecule has 6 N–H and O–H groups in total. The molecular weight excluding hydrogens is 621 g/mol. The van der Waals surface area contributed by atoms with E-state index in [-0.39, 0.29) is 16.8 Å². The average molecular weight is 664 g/mol. The number of esters is 1. The first kappa shape index (κ1) is 27.7. The summed E-state index contributed by atoms with van der Waals surface area (Å²) in [5.74, 6) is -6.67. The fraction of sp³-hybridized carbons (Fsp3) is 0.500. The molecule has 2 aromatic rings. The second kappa shape index (κ2) is 14.7. The maximum absolute atomic E-state index is 13.8. The van der Waals surface area contributed by atoms with Crippen molar-refractivity contribution in [2.75, 3.05) is 17.6 Å². The lowest BCUT2D eigenvalue weighted by Crippen LogP contribution is -2.60. The fourth-order valence-electron chi connectivity index (χ4n) is 4.14. The van der Waals surface area contributed by atoms with Crippen molar-refractivity contribution < 1.29 is 70.7 Å². The van der Waals surface area contributed by atoms with E-state index in [1.807, 2.05) is 0 Å². The van der Waals surface area contributed by atoms with E-state index in [0.717, 1.165) is 37.6 Å². The zero-order chi connectivity index (χ0) is 38.8. The lowest BCUT2D eigenvalue weighted by molar-refractivity contribution is -0.286. The second-order valence-corrected chi connectivity index (χ2v) is 12.1. The molecule has 0 spiro atoms. The molecule has 1 aliphatic heterocycles. The van der Waals surface area contributed by atoms with Gasteiger partial charge in [-0.3, -0.25) is 4.79 Å². The molecule has 15 nitrogen and oxygen atoms in total. The van der Waals surface area contributed by atoms with Gasteiger partial charge in [0, 0.05) is 32.8 Å². The van der Waals surface area contributed by atoms with Gasteiger partial charge in [0.05, 0.1) is 36.3 Å². The van der Waals surface area contributed by atoms with Gasteiger partial charge in [-0.05, 0) is 30.2 Å². The number of hydrogen-bond acceptors (Lipinski definition) is 13. The topological polar surface area (TPSA) is 237 Å². The summed E-state index contributed by atoms with van der Waals surface area (Å²) in [6.07, 6.45) is -12.4. The number of aromatic nitrogens is 2. The van der Waals surface area contributed by atoms with Crippen molar-refractivity contribution in [3.8, 4) is 11.3 Å². The highest BCUT2D eigenvalue weighted by Crippen LogP contribution is 2.32. The first-order valence-electron chi connectivity index (χ1n) is 16.1. The Labute approximate surface area is 266 Å². The molecule has 0 radical (unpaired) electrons. The molecule has 3 rings (SSSR count). The maximum Gasteiger partial charge on any atom is 0.335 e. The SMILES string of the molecule is [2H]C([2H])([2H])C(c1nc(N(C)S(C)(=O)=O)nc(-c2ccc(F)cc2)c1/C=C/[C@@H](O)C[C@@H](O)CC(=O)O[C@@H]1O[C@H](C(=O)O)[C@@H](O)[C@H](O)[C@H]1O)C([2H])([2H])[2H]. The molecule has 0 amide bonds. The van der Waals surface area contributed by atoms with E-state index in [1.165, 1.54) is 12.1 Å². The summed E-state index contributed by atoms with van der Waals surface area (Å²) < 4.78 is 96.9. The van der Waals surface area contributed by atoms with Gasteiger partial charge in [0.1, 0.15) is 24.1 Å². The van der Waals surface area contributed by atoms with E-state index >= 15 is 0 Å². The Morgan fingerprint density at radius 3 is 2.36 bits per heavy atom. The normalized spacial score (nSPS) is 26.1. The fourth-order valence-corrected chi connectivity index (χ4v) is 4.52. The van der Waals surface area contributed by atoms with Crippen LogP contribution in [0.5, 0.6) is 0 Å². The van der Waals surface area contributed by atoms with Gasteiger partial charge >= 0.3 is 11.9 Å². The van der Waals surface area contributed by atoms with Crippen LogP contribution in [0.1, 0.15) is 51.9 Å². The molecule has 7 atom stereocenters. The molecular formula is C28H36FN3O12S. The monoisotopic (exact) mass is 663 g/mol. The van der Waals surface area contributed by atoms with Crippen molar-refractivity contribution in [1.82, 2.24) is 9.97 Å². The predicted octanol–water partition coefficient (Wildman–Crippen LogP) is -0.247. The van der Waals surface area contributed by atoms with E-state index in [1.54, 1.807) is 0 Å². The number of halogens is 1. The van der Waals surface area contributed by atoms with Gasteiger partial charge in [-0.25, -0.2) is 31.9 Å². The van der Waals surface area contributed by atoms with Crippen molar-refractivity contribution in [2.45, 2.75) is 75.4 Å². The number of carboxylic acids is 1. The highest BCUT2D eigenvalue weighted by Gasteiger charge is 2.48. The first-order valence-corrected chi connectivity index (χ1v) is 15.0. The molecule has 248 valence electrons. The van der Waals surface area contributed by atoms with Crippen LogP contribution in [0.2, 0.25) is 0 Å². The number of anilines is 1. The van der Waals surface area contributed by atoms with Crippen LogP contribution in [-0.4, -0.2) is 117 Å². The van der Waals surface area contributed by atoms with Gasteiger partial charge in [0.25, 0.3) is 0 Å².